The van der Waals surface area contributed by atoms with E-state index in [1.54, 1.807) is 13.4 Å². The third-order valence-electron chi connectivity index (χ3n) is 2.70. The number of methoxy groups -OCH3 is 1. The number of fused-ring (bicyclic) bond motifs is 1. The first kappa shape index (κ1) is 11.5. The molecule has 1 aromatic heterocycles. The van der Waals surface area contributed by atoms with Crippen LogP contribution in [0.1, 0.15) is 18.1 Å². The summed E-state index contributed by atoms with van der Waals surface area (Å²) in [7, 11) is 1.64. The van der Waals surface area contributed by atoms with E-state index >= 15 is 0 Å². The Bertz CT molecular complexity index is 557. The van der Waals surface area contributed by atoms with E-state index in [1.807, 2.05) is 19.1 Å². The number of aryl methyl sites for hydroxylation is 1. The summed E-state index contributed by atoms with van der Waals surface area (Å²) in [5.41, 5.74) is 2.79. The second kappa shape index (κ2) is 4.49. The average molecular weight is 233 g/mol. The molecule has 17 heavy (non-hydrogen) atoms. The van der Waals surface area contributed by atoms with Gasteiger partial charge in [0.1, 0.15) is 11.3 Å². The molecule has 0 atom stereocenters. The molecule has 0 aliphatic carbocycles. The first-order valence-electron chi connectivity index (χ1n) is 5.41. The van der Waals surface area contributed by atoms with Crippen molar-refractivity contribution < 1.29 is 13.9 Å². The standard InChI is InChI=1S/C13H15NO3/c1-8-4-13-11(5-12(8)16-3)10(7-17-13)6-14-9(2)15/h4-5,7H,6H2,1-3H3,(H,14,15). The largest absolute Gasteiger partial charge is 0.496 e. The molecule has 1 heterocycles. The highest BCUT2D eigenvalue weighted by atomic mass is 16.5. The number of furan rings is 1. The first-order valence-corrected chi connectivity index (χ1v) is 5.41. The maximum Gasteiger partial charge on any atom is 0.217 e. The van der Waals surface area contributed by atoms with Gasteiger partial charge in [0, 0.05) is 24.4 Å². The predicted molar refractivity (Wildman–Crippen MR) is 65.0 cm³/mol. The monoisotopic (exact) mass is 233 g/mol. The predicted octanol–water partition coefficient (Wildman–Crippen LogP) is 2.39. The fourth-order valence-corrected chi connectivity index (χ4v) is 1.78. The lowest BCUT2D eigenvalue weighted by Crippen LogP contribution is -2.18. The van der Waals surface area contributed by atoms with Crippen molar-refractivity contribution in [2.45, 2.75) is 20.4 Å². The lowest BCUT2D eigenvalue weighted by atomic mass is 10.1. The summed E-state index contributed by atoms with van der Waals surface area (Å²) in [4.78, 5) is 10.9. The Hall–Kier alpha value is -1.97. The zero-order chi connectivity index (χ0) is 12.4. The van der Waals surface area contributed by atoms with Crippen LogP contribution in [0.5, 0.6) is 5.75 Å². The molecule has 4 nitrogen and oxygen atoms in total. The summed E-state index contributed by atoms with van der Waals surface area (Å²) in [5.74, 6) is 0.765. The molecule has 0 radical (unpaired) electrons. The molecule has 0 saturated heterocycles. The molecule has 0 spiro atoms. The van der Waals surface area contributed by atoms with Crippen LogP contribution < -0.4 is 10.1 Å². The average Bonchev–Trinajstić information content (AvgIpc) is 2.67. The van der Waals surface area contributed by atoms with Crippen LogP contribution in [0.2, 0.25) is 0 Å². The number of ether oxygens (including phenoxy) is 1. The minimum absolute atomic E-state index is 0.0570. The molecule has 0 fully saturated rings. The Kier molecular flexibility index (Phi) is 3.04. The second-order valence-electron chi connectivity index (χ2n) is 3.99. The first-order chi connectivity index (χ1) is 8.11. The fraction of sp³-hybridized carbons (Fsp3) is 0.308. The van der Waals surface area contributed by atoms with E-state index < -0.39 is 0 Å². The van der Waals surface area contributed by atoms with Crippen molar-refractivity contribution in [2.75, 3.05) is 7.11 Å². The molecule has 2 rings (SSSR count). The minimum Gasteiger partial charge on any atom is -0.496 e. The number of nitrogens with one attached hydrogen (secondary N) is 1. The summed E-state index contributed by atoms with van der Waals surface area (Å²) < 4.78 is 10.7. The van der Waals surface area contributed by atoms with Gasteiger partial charge in [-0.15, -0.1) is 0 Å². The van der Waals surface area contributed by atoms with Crippen molar-refractivity contribution in [1.29, 1.82) is 0 Å². The minimum atomic E-state index is -0.0570. The van der Waals surface area contributed by atoms with Crippen LogP contribution in [0.3, 0.4) is 0 Å². The van der Waals surface area contributed by atoms with Crippen molar-refractivity contribution in [1.82, 2.24) is 5.32 Å². The normalized spacial score (nSPS) is 10.5. The van der Waals surface area contributed by atoms with E-state index in [0.717, 1.165) is 27.8 Å². The Morgan fingerprint density at radius 2 is 2.24 bits per heavy atom. The molecule has 0 saturated carbocycles. The van der Waals surface area contributed by atoms with Crippen LogP contribution in [0.15, 0.2) is 22.8 Å². The molecule has 2 aromatic rings. The van der Waals surface area contributed by atoms with Gasteiger partial charge in [-0.2, -0.15) is 0 Å². The summed E-state index contributed by atoms with van der Waals surface area (Å²) in [6, 6.07) is 3.87. The summed E-state index contributed by atoms with van der Waals surface area (Å²) in [5, 5.41) is 3.73. The van der Waals surface area contributed by atoms with Crippen LogP contribution in [-0.4, -0.2) is 13.0 Å². The zero-order valence-electron chi connectivity index (χ0n) is 10.2. The van der Waals surface area contributed by atoms with Crippen molar-refractivity contribution >= 4 is 16.9 Å². The van der Waals surface area contributed by atoms with Gasteiger partial charge in [0.25, 0.3) is 0 Å². The molecular weight excluding hydrogens is 218 g/mol. The molecule has 1 N–H and O–H groups in total. The van der Waals surface area contributed by atoms with Crippen molar-refractivity contribution in [3.8, 4) is 5.75 Å². The molecule has 1 aromatic carbocycles. The number of carbonyl (C=O) groups excluding carboxylic acids is 1. The van der Waals surface area contributed by atoms with Crippen molar-refractivity contribution in [3.05, 3.63) is 29.5 Å². The van der Waals surface area contributed by atoms with E-state index in [9.17, 15) is 4.79 Å². The molecular formula is C13H15NO3. The molecule has 90 valence electrons. The highest BCUT2D eigenvalue weighted by molar-refractivity contribution is 5.84. The molecule has 0 aliphatic rings. The quantitative estimate of drug-likeness (QED) is 0.885. The fourth-order valence-electron chi connectivity index (χ4n) is 1.78. The van der Waals surface area contributed by atoms with Gasteiger partial charge in [-0.3, -0.25) is 4.79 Å². The number of benzene rings is 1. The number of hydrogen-bond donors (Lipinski definition) is 1. The zero-order valence-corrected chi connectivity index (χ0v) is 10.2. The Morgan fingerprint density at radius 3 is 2.88 bits per heavy atom. The molecule has 0 unspecified atom stereocenters. The summed E-state index contributed by atoms with van der Waals surface area (Å²) in [6.45, 7) is 3.93. The summed E-state index contributed by atoms with van der Waals surface area (Å²) in [6.07, 6.45) is 1.67. The van der Waals surface area contributed by atoms with E-state index in [4.69, 9.17) is 9.15 Å². The lowest BCUT2D eigenvalue weighted by molar-refractivity contribution is -0.119. The van der Waals surface area contributed by atoms with Gasteiger partial charge < -0.3 is 14.5 Å². The van der Waals surface area contributed by atoms with Crippen LogP contribution in [0.25, 0.3) is 11.0 Å². The highest BCUT2D eigenvalue weighted by Crippen LogP contribution is 2.28. The SMILES string of the molecule is COc1cc2c(CNC(C)=O)coc2cc1C. The number of rotatable bonds is 3. The van der Waals surface area contributed by atoms with E-state index in [0.29, 0.717) is 6.54 Å². The molecule has 4 heteroatoms. The molecule has 1 amide bonds. The molecule has 0 bridgehead atoms. The Morgan fingerprint density at radius 1 is 1.47 bits per heavy atom. The number of hydrogen-bond acceptors (Lipinski definition) is 3. The van der Waals surface area contributed by atoms with Gasteiger partial charge in [0.15, 0.2) is 0 Å². The number of amides is 1. The van der Waals surface area contributed by atoms with Gasteiger partial charge >= 0.3 is 0 Å². The van der Waals surface area contributed by atoms with Crippen LogP contribution in [0, 0.1) is 6.92 Å². The maximum absolute atomic E-state index is 10.9. The van der Waals surface area contributed by atoms with Crippen LogP contribution in [-0.2, 0) is 11.3 Å². The van der Waals surface area contributed by atoms with Crippen LogP contribution >= 0.6 is 0 Å². The van der Waals surface area contributed by atoms with E-state index in [2.05, 4.69) is 5.32 Å². The topological polar surface area (TPSA) is 51.5 Å². The van der Waals surface area contributed by atoms with Gasteiger partial charge in [-0.1, -0.05) is 0 Å². The Labute approximate surface area is 99.6 Å². The third-order valence-corrected chi connectivity index (χ3v) is 2.70. The van der Waals surface area contributed by atoms with E-state index in [1.165, 1.54) is 6.92 Å². The lowest BCUT2D eigenvalue weighted by Gasteiger charge is -2.05. The van der Waals surface area contributed by atoms with Gasteiger partial charge in [-0.25, -0.2) is 0 Å². The Balaban J connectivity index is 2.41. The summed E-state index contributed by atoms with van der Waals surface area (Å²) >= 11 is 0. The van der Waals surface area contributed by atoms with Gasteiger partial charge in [-0.05, 0) is 24.6 Å². The highest BCUT2D eigenvalue weighted by Gasteiger charge is 2.09. The van der Waals surface area contributed by atoms with Crippen molar-refractivity contribution in [2.24, 2.45) is 0 Å². The van der Waals surface area contributed by atoms with E-state index in [-0.39, 0.29) is 5.91 Å². The third kappa shape index (κ3) is 2.25. The molecule has 0 aliphatic heterocycles. The second-order valence-corrected chi connectivity index (χ2v) is 3.99. The smallest absolute Gasteiger partial charge is 0.217 e. The maximum atomic E-state index is 10.9. The van der Waals surface area contributed by atoms with Gasteiger partial charge in [0.05, 0.1) is 13.4 Å². The van der Waals surface area contributed by atoms with Crippen molar-refractivity contribution in [3.63, 3.8) is 0 Å². The number of carbonyl (C=O) groups is 1. The van der Waals surface area contributed by atoms with Crippen LogP contribution in [0.4, 0.5) is 0 Å². The van der Waals surface area contributed by atoms with Gasteiger partial charge in [0.2, 0.25) is 5.91 Å².